The summed E-state index contributed by atoms with van der Waals surface area (Å²) >= 11 is 0. The molecule has 3 aliphatic rings. The van der Waals surface area contributed by atoms with Crippen molar-refractivity contribution in [2.75, 3.05) is 13.1 Å². The largest absolute Gasteiger partial charge is 0.360 e. The second-order valence-electron chi connectivity index (χ2n) is 8.43. The number of fused-ring (bicyclic) bond motifs is 1. The fraction of sp³-hybridized carbons (Fsp3) is 0.619. The first-order chi connectivity index (χ1) is 13.7. The zero-order valence-corrected chi connectivity index (χ0v) is 16.1. The third kappa shape index (κ3) is 3.38. The van der Waals surface area contributed by atoms with Gasteiger partial charge in [-0.25, -0.2) is 4.68 Å². The molecule has 0 bridgehead atoms. The van der Waals surface area contributed by atoms with E-state index in [0.717, 1.165) is 55.5 Å². The maximum absolute atomic E-state index is 12.9. The summed E-state index contributed by atoms with van der Waals surface area (Å²) in [5.41, 5.74) is 2.55. The van der Waals surface area contributed by atoms with Gasteiger partial charge in [-0.3, -0.25) is 9.59 Å². The predicted molar refractivity (Wildman–Crippen MR) is 102 cm³/mol. The minimum atomic E-state index is -0.0304. The number of aromatic nitrogens is 3. The van der Waals surface area contributed by atoms with Gasteiger partial charge >= 0.3 is 0 Å². The van der Waals surface area contributed by atoms with E-state index in [1.54, 1.807) is 10.7 Å². The topological polar surface area (TPSA) is 81.2 Å². The first kappa shape index (κ1) is 17.6. The molecule has 0 spiro atoms. The van der Waals surface area contributed by atoms with Gasteiger partial charge in [-0.1, -0.05) is 5.16 Å². The Morgan fingerprint density at radius 2 is 1.89 bits per heavy atom. The van der Waals surface area contributed by atoms with Gasteiger partial charge in [-0.05, 0) is 56.9 Å². The summed E-state index contributed by atoms with van der Waals surface area (Å²) in [5.74, 6) is 1.80. The number of carbonyl (C=O) groups is 1. The lowest BCUT2D eigenvalue weighted by Gasteiger charge is -2.31. The predicted octanol–water partition coefficient (Wildman–Crippen LogP) is 2.54. The zero-order valence-electron chi connectivity index (χ0n) is 16.1. The van der Waals surface area contributed by atoms with Crippen molar-refractivity contribution in [3.05, 3.63) is 45.2 Å². The Kier molecular flexibility index (Phi) is 4.53. The average Bonchev–Trinajstić information content (AvgIpc) is 3.49. The average molecular weight is 382 g/mol. The molecule has 2 aromatic heterocycles. The molecule has 1 saturated heterocycles. The number of nitrogens with zero attached hydrogens (tertiary/aromatic N) is 4. The van der Waals surface area contributed by atoms with E-state index in [2.05, 4.69) is 10.3 Å². The third-order valence-corrected chi connectivity index (χ3v) is 6.37. The molecule has 28 heavy (non-hydrogen) atoms. The first-order valence-electron chi connectivity index (χ1n) is 10.5. The van der Waals surface area contributed by atoms with Gasteiger partial charge in [-0.15, -0.1) is 0 Å². The molecule has 0 radical (unpaired) electrons. The summed E-state index contributed by atoms with van der Waals surface area (Å²) < 4.78 is 7.03. The van der Waals surface area contributed by atoms with Crippen molar-refractivity contribution in [3.63, 3.8) is 0 Å². The fourth-order valence-corrected chi connectivity index (χ4v) is 4.46. The minimum Gasteiger partial charge on any atom is -0.360 e. The number of amides is 1. The highest BCUT2D eigenvalue weighted by Gasteiger charge is 2.30. The molecule has 7 heteroatoms. The molecular weight excluding hydrogens is 356 g/mol. The highest BCUT2D eigenvalue weighted by molar-refractivity contribution is 5.94. The smallest absolute Gasteiger partial charge is 0.276 e. The van der Waals surface area contributed by atoms with Crippen LogP contribution in [0.2, 0.25) is 0 Å². The molecule has 0 aromatic carbocycles. The van der Waals surface area contributed by atoms with E-state index in [0.29, 0.717) is 37.2 Å². The lowest BCUT2D eigenvalue weighted by atomic mass is 9.94. The van der Waals surface area contributed by atoms with E-state index in [-0.39, 0.29) is 11.5 Å². The molecule has 148 valence electrons. The van der Waals surface area contributed by atoms with Gasteiger partial charge in [0.25, 0.3) is 11.5 Å². The Morgan fingerprint density at radius 3 is 2.68 bits per heavy atom. The van der Waals surface area contributed by atoms with Gasteiger partial charge in [0.05, 0.1) is 5.69 Å². The van der Waals surface area contributed by atoms with Gasteiger partial charge < -0.3 is 9.42 Å². The molecule has 5 rings (SSSR count). The highest BCUT2D eigenvalue weighted by atomic mass is 16.5. The van der Waals surface area contributed by atoms with Crippen molar-refractivity contribution >= 4 is 5.91 Å². The lowest BCUT2D eigenvalue weighted by Crippen LogP contribution is -2.40. The van der Waals surface area contributed by atoms with Crippen LogP contribution >= 0.6 is 0 Å². The Morgan fingerprint density at radius 1 is 1.11 bits per heavy atom. The second-order valence-corrected chi connectivity index (χ2v) is 8.43. The molecule has 1 saturated carbocycles. The molecule has 0 atom stereocenters. The van der Waals surface area contributed by atoms with Crippen LogP contribution in [0.25, 0.3) is 0 Å². The number of carbonyl (C=O) groups excluding carboxylic acids is 1. The summed E-state index contributed by atoms with van der Waals surface area (Å²) in [6, 6.07) is 3.52. The number of rotatable bonds is 4. The van der Waals surface area contributed by atoms with Crippen LogP contribution in [-0.2, 0) is 19.4 Å². The Labute approximate surface area is 163 Å². The van der Waals surface area contributed by atoms with Gasteiger partial charge in [0.1, 0.15) is 5.76 Å². The summed E-state index contributed by atoms with van der Waals surface area (Å²) in [5, 5.41) is 8.65. The van der Waals surface area contributed by atoms with Gasteiger partial charge in [0, 0.05) is 43.6 Å². The molecule has 3 heterocycles. The molecule has 1 aliphatic heterocycles. The van der Waals surface area contributed by atoms with Crippen LogP contribution in [0, 0.1) is 5.92 Å². The standard InChI is InChI=1S/C21H26N4O3/c26-19-8-7-17(15-5-6-15)22-25(19)13-14-9-11-24(12-10-14)21(27)20-16-3-1-2-4-18(16)28-23-20/h7-8,14-15H,1-6,9-13H2. The van der Waals surface area contributed by atoms with E-state index >= 15 is 0 Å². The SMILES string of the molecule is O=C(c1noc2c1CCCC2)N1CCC(Cn2nc(C3CC3)ccc2=O)CC1. The molecule has 0 unspecified atom stereocenters. The molecule has 2 aliphatic carbocycles. The Bertz CT molecular complexity index is 935. The van der Waals surface area contributed by atoms with Crippen LogP contribution in [0.1, 0.15) is 71.9 Å². The molecule has 2 aromatic rings. The molecule has 1 amide bonds. The number of piperidine rings is 1. The molecule has 7 nitrogen and oxygen atoms in total. The molecule has 2 fully saturated rings. The fourth-order valence-electron chi connectivity index (χ4n) is 4.46. The third-order valence-electron chi connectivity index (χ3n) is 6.37. The van der Waals surface area contributed by atoms with Crippen LogP contribution in [0.3, 0.4) is 0 Å². The Hall–Kier alpha value is -2.44. The van der Waals surface area contributed by atoms with Crippen LogP contribution in [-0.4, -0.2) is 38.8 Å². The van der Waals surface area contributed by atoms with Crippen LogP contribution in [0.15, 0.2) is 21.5 Å². The van der Waals surface area contributed by atoms with E-state index in [1.165, 1.54) is 12.8 Å². The van der Waals surface area contributed by atoms with Gasteiger partial charge in [0.15, 0.2) is 5.69 Å². The maximum Gasteiger partial charge on any atom is 0.276 e. The Balaban J connectivity index is 1.22. The van der Waals surface area contributed by atoms with Crippen molar-refractivity contribution in [1.29, 1.82) is 0 Å². The van der Waals surface area contributed by atoms with Gasteiger partial charge in [0.2, 0.25) is 0 Å². The maximum atomic E-state index is 12.9. The van der Waals surface area contributed by atoms with E-state index in [9.17, 15) is 9.59 Å². The van der Waals surface area contributed by atoms with Crippen molar-refractivity contribution < 1.29 is 9.32 Å². The van der Waals surface area contributed by atoms with Crippen molar-refractivity contribution in [2.45, 2.75) is 63.8 Å². The normalized spacial score (nSPS) is 20.2. The lowest BCUT2D eigenvalue weighted by molar-refractivity contribution is 0.0669. The van der Waals surface area contributed by atoms with Crippen LogP contribution in [0.4, 0.5) is 0 Å². The van der Waals surface area contributed by atoms with E-state index in [1.807, 2.05) is 11.0 Å². The van der Waals surface area contributed by atoms with Crippen molar-refractivity contribution in [3.8, 4) is 0 Å². The number of hydrogen-bond acceptors (Lipinski definition) is 5. The summed E-state index contributed by atoms with van der Waals surface area (Å²) in [6.07, 6.45) is 8.10. The van der Waals surface area contributed by atoms with Crippen LogP contribution in [0.5, 0.6) is 0 Å². The quantitative estimate of drug-likeness (QED) is 0.812. The summed E-state index contributed by atoms with van der Waals surface area (Å²) in [7, 11) is 0. The molecular formula is C21H26N4O3. The van der Waals surface area contributed by atoms with Gasteiger partial charge in [-0.2, -0.15) is 5.10 Å². The monoisotopic (exact) mass is 382 g/mol. The number of aryl methyl sites for hydroxylation is 1. The van der Waals surface area contributed by atoms with Crippen LogP contribution < -0.4 is 5.56 Å². The number of likely N-dealkylation sites (tertiary alicyclic amines) is 1. The van der Waals surface area contributed by atoms with Crippen molar-refractivity contribution in [1.82, 2.24) is 19.8 Å². The first-order valence-corrected chi connectivity index (χ1v) is 10.5. The van der Waals surface area contributed by atoms with E-state index < -0.39 is 0 Å². The van der Waals surface area contributed by atoms with Crippen molar-refractivity contribution in [2.24, 2.45) is 5.92 Å². The number of hydrogen-bond donors (Lipinski definition) is 0. The summed E-state index contributed by atoms with van der Waals surface area (Å²) in [4.78, 5) is 27.0. The second kappa shape index (κ2) is 7.18. The summed E-state index contributed by atoms with van der Waals surface area (Å²) in [6.45, 7) is 2.03. The van der Waals surface area contributed by atoms with E-state index in [4.69, 9.17) is 4.52 Å². The highest BCUT2D eigenvalue weighted by Crippen LogP contribution is 2.38. The zero-order chi connectivity index (χ0) is 19.1. The minimum absolute atomic E-state index is 0.00336. The molecule has 0 N–H and O–H groups in total.